The molecular weight excluding hydrogens is 452 g/mol. The highest BCUT2D eigenvalue weighted by atomic mass is 28.3. The Morgan fingerprint density at radius 1 is 0.611 bits per heavy atom. The summed E-state index contributed by atoms with van der Waals surface area (Å²) in [7, 11) is -1.40. The monoisotopic (exact) mass is 486 g/mol. The molecule has 0 atom stereocenters. The van der Waals surface area contributed by atoms with Gasteiger partial charge in [-0.3, -0.25) is 0 Å². The minimum absolute atomic E-state index is 0.709. The molecule has 0 aliphatic heterocycles. The highest BCUT2D eigenvalue weighted by Gasteiger charge is 2.08. The lowest BCUT2D eigenvalue weighted by molar-refractivity contribution is 1.07. The Balaban J connectivity index is 1.87. The molecule has 0 aliphatic carbocycles. The molecular formula is C33H34N2Si. The quantitative estimate of drug-likeness (QED) is 0.220. The Morgan fingerprint density at radius 3 is 1.50 bits per heavy atom. The first-order valence-electron chi connectivity index (χ1n) is 12.6. The van der Waals surface area contributed by atoms with E-state index in [1.165, 1.54) is 11.1 Å². The molecule has 3 aromatic rings. The van der Waals surface area contributed by atoms with Crippen molar-refractivity contribution in [3.05, 3.63) is 99.1 Å². The van der Waals surface area contributed by atoms with Gasteiger partial charge in [0.1, 0.15) is 8.07 Å². The maximum absolute atomic E-state index is 7.30. The summed E-state index contributed by atoms with van der Waals surface area (Å²) in [5.74, 6) is 16.7. The van der Waals surface area contributed by atoms with Crippen molar-refractivity contribution in [3.8, 4) is 35.1 Å². The molecule has 0 spiro atoms. The first-order chi connectivity index (χ1) is 17.3. The van der Waals surface area contributed by atoms with Gasteiger partial charge in [-0.2, -0.15) is 5.11 Å². The third kappa shape index (κ3) is 7.33. The number of nitrogens with one attached hydrogen (secondary N) is 1. The summed E-state index contributed by atoms with van der Waals surface area (Å²) in [6, 6.07) is 18.5. The molecule has 2 nitrogen and oxygen atoms in total. The molecule has 0 aromatic heterocycles. The van der Waals surface area contributed by atoms with Crippen LogP contribution in [0.1, 0.15) is 65.3 Å². The second-order valence-corrected chi connectivity index (χ2v) is 14.5. The summed E-state index contributed by atoms with van der Waals surface area (Å²) in [5, 5.41) is 3.59. The van der Waals surface area contributed by atoms with E-state index in [9.17, 15) is 0 Å². The lowest BCUT2D eigenvalue weighted by Gasteiger charge is -2.05. The standard InChI is InChI=1S/C33H34N2Si/c1-7-28-22-25(10-15-31(28)17-12-26-14-19-33(35-34)30(9-3)24-26)11-16-32-18-13-27(23-29(32)8-2)20-21-36(4,5)6/h10,13-15,18-19,22-24,34H,7-9H2,1-6H3. The van der Waals surface area contributed by atoms with E-state index >= 15 is 0 Å². The molecule has 0 amide bonds. The number of hydrogen-bond donors (Lipinski definition) is 1. The van der Waals surface area contributed by atoms with Crippen molar-refractivity contribution in [2.75, 3.05) is 0 Å². The normalized spacial score (nSPS) is 10.3. The number of nitrogens with zero attached hydrogens (tertiary/aromatic N) is 1. The van der Waals surface area contributed by atoms with Crippen LogP contribution in [0.5, 0.6) is 0 Å². The van der Waals surface area contributed by atoms with Crippen LogP contribution in [0.2, 0.25) is 19.6 Å². The van der Waals surface area contributed by atoms with Gasteiger partial charge in [0.2, 0.25) is 0 Å². The lowest BCUT2D eigenvalue weighted by Crippen LogP contribution is -2.16. The van der Waals surface area contributed by atoms with Crippen molar-refractivity contribution < 1.29 is 0 Å². The average molecular weight is 487 g/mol. The van der Waals surface area contributed by atoms with Gasteiger partial charge in [0.05, 0.1) is 5.69 Å². The Morgan fingerprint density at radius 2 is 1.06 bits per heavy atom. The Bertz CT molecular complexity index is 1460. The molecule has 1 N–H and O–H groups in total. The van der Waals surface area contributed by atoms with Gasteiger partial charge in [-0.1, -0.05) is 70.0 Å². The molecule has 0 fully saturated rings. The topological polar surface area (TPSA) is 36.2 Å². The summed E-state index contributed by atoms with van der Waals surface area (Å²) in [4.78, 5) is 0. The molecule has 180 valence electrons. The van der Waals surface area contributed by atoms with Crippen LogP contribution in [0.4, 0.5) is 5.69 Å². The predicted octanol–water partition coefficient (Wildman–Crippen LogP) is 8.06. The van der Waals surface area contributed by atoms with E-state index < -0.39 is 8.07 Å². The van der Waals surface area contributed by atoms with Gasteiger partial charge in [0.15, 0.2) is 0 Å². The van der Waals surface area contributed by atoms with E-state index in [1.54, 1.807) is 0 Å². The number of benzene rings is 3. The fourth-order valence-corrected chi connectivity index (χ4v) is 4.29. The molecule has 3 rings (SSSR count). The zero-order valence-electron chi connectivity index (χ0n) is 22.3. The zero-order valence-corrected chi connectivity index (χ0v) is 23.3. The smallest absolute Gasteiger partial charge is 0.129 e. The lowest BCUT2D eigenvalue weighted by atomic mass is 10.00. The maximum atomic E-state index is 7.30. The van der Waals surface area contributed by atoms with Crippen molar-refractivity contribution in [2.45, 2.75) is 59.7 Å². The summed E-state index contributed by atoms with van der Waals surface area (Å²) < 4.78 is 0. The number of rotatable bonds is 4. The molecule has 36 heavy (non-hydrogen) atoms. The Labute approximate surface area is 218 Å². The first kappa shape index (κ1) is 26.8. The molecule has 0 saturated heterocycles. The minimum atomic E-state index is -1.40. The van der Waals surface area contributed by atoms with Crippen molar-refractivity contribution >= 4 is 13.8 Å². The van der Waals surface area contributed by atoms with E-state index in [0.717, 1.165) is 52.6 Å². The highest BCUT2D eigenvalue weighted by molar-refractivity contribution is 6.83. The Kier molecular flexibility index (Phi) is 9.08. The maximum Gasteiger partial charge on any atom is 0.129 e. The van der Waals surface area contributed by atoms with Gasteiger partial charge < -0.3 is 0 Å². The summed E-state index contributed by atoms with van der Waals surface area (Å²) in [6.45, 7) is 13.2. The predicted molar refractivity (Wildman–Crippen MR) is 154 cm³/mol. The largest absolute Gasteiger partial charge is 0.204 e. The van der Waals surface area contributed by atoms with E-state index in [0.29, 0.717) is 5.69 Å². The van der Waals surface area contributed by atoms with E-state index in [4.69, 9.17) is 5.53 Å². The van der Waals surface area contributed by atoms with Crippen LogP contribution in [-0.2, 0) is 19.3 Å². The highest BCUT2D eigenvalue weighted by Crippen LogP contribution is 2.21. The van der Waals surface area contributed by atoms with Crippen molar-refractivity contribution in [3.63, 3.8) is 0 Å². The van der Waals surface area contributed by atoms with Crippen LogP contribution < -0.4 is 0 Å². The third-order valence-corrected chi connectivity index (χ3v) is 6.69. The fraction of sp³-hybridized carbons (Fsp3) is 0.273. The first-order valence-corrected chi connectivity index (χ1v) is 16.1. The number of hydrogen-bond acceptors (Lipinski definition) is 2. The van der Waals surface area contributed by atoms with Gasteiger partial charge in [0.25, 0.3) is 0 Å². The van der Waals surface area contributed by atoms with Crippen LogP contribution in [0.15, 0.2) is 59.7 Å². The molecule has 3 aromatic carbocycles. The molecule has 0 aliphatic rings. The van der Waals surface area contributed by atoms with Crippen LogP contribution in [0, 0.1) is 40.7 Å². The van der Waals surface area contributed by atoms with Gasteiger partial charge in [0, 0.05) is 27.8 Å². The van der Waals surface area contributed by atoms with E-state index in [2.05, 4.69) is 117 Å². The molecule has 0 saturated carbocycles. The summed E-state index contributed by atoms with van der Waals surface area (Å²) >= 11 is 0. The van der Waals surface area contributed by atoms with Gasteiger partial charge in [-0.15, -0.1) is 5.54 Å². The Hall–Kier alpha value is -3.84. The van der Waals surface area contributed by atoms with Crippen molar-refractivity contribution in [1.82, 2.24) is 0 Å². The number of aryl methyl sites for hydroxylation is 3. The van der Waals surface area contributed by atoms with E-state index in [-0.39, 0.29) is 0 Å². The van der Waals surface area contributed by atoms with Gasteiger partial charge in [-0.25, -0.2) is 5.53 Å². The van der Waals surface area contributed by atoms with Gasteiger partial charge >= 0.3 is 0 Å². The molecule has 0 radical (unpaired) electrons. The van der Waals surface area contributed by atoms with E-state index in [1.807, 2.05) is 18.2 Å². The van der Waals surface area contributed by atoms with Crippen LogP contribution in [0.25, 0.3) is 0 Å². The zero-order chi connectivity index (χ0) is 26.1. The SMILES string of the molecule is CCc1cc(C#C[Si](C)(C)C)ccc1C#Cc1ccc(C#Cc2ccc(N=N)c(CC)c2)c(CC)c1. The summed E-state index contributed by atoms with van der Waals surface area (Å²) in [5.41, 5.74) is 20.0. The summed E-state index contributed by atoms with van der Waals surface area (Å²) in [6.07, 6.45) is 2.65. The molecule has 0 bridgehead atoms. The molecule has 0 unspecified atom stereocenters. The third-order valence-electron chi connectivity index (χ3n) is 5.82. The average Bonchev–Trinajstić information content (AvgIpc) is 2.89. The second kappa shape index (κ2) is 12.2. The van der Waals surface area contributed by atoms with Crippen LogP contribution >= 0.6 is 0 Å². The van der Waals surface area contributed by atoms with Crippen LogP contribution in [-0.4, -0.2) is 8.07 Å². The van der Waals surface area contributed by atoms with Crippen molar-refractivity contribution in [2.24, 2.45) is 5.11 Å². The fourth-order valence-electron chi connectivity index (χ4n) is 3.77. The van der Waals surface area contributed by atoms with Crippen molar-refractivity contribution in [1.29, 1.82) is 5.53 Å². The van der Waals surface area contributed by atoms with Gasteiger partial charge in [-0.05, 0) is 90.6 Å². The molecule has 3 heteroatoms. The molecule has 0 heterocycles. The van der Waals surface area contributed by atoms with Crippen LogP contribution in [0.3, 0.4) is 0 Å². The minimum Gasteiger partial charge on any atom is -0.204 e. The second-order valence-electron chi connectivity index (χ2n) is 9.76.